The lowest BCUT2D eigenvalue weighted by molar-refractivity contribution is -0.117. The monoisotopic (exact) mass is 487 g/mol. The Morgan fingerprint density at radius 2 is 1.56 bits per heavy atom. The average Bonchev–Trinajstić information content (AvgIpc) is 2.91. The van der Waals surface area contributed by atoms with E-state index in [0.29, 0.717) is 25.4 Å². The summed E-state index contributed by atoms with van der Waals surface area (Å²) >= 11 is 0. The van der Waals surface area contributed by atoms with Crippen molar-refractivity contribution in [1.82, 2.24) is 10.2 Å². The van der Waals surface area contributed by atoms with Crippen LogP contribution >= 0.6 is 0 Å². The third-order valence-electron chi connectivity index (χ3n) is 7.67. The van der Waals surface area contributed by atoms with Crippen LogP contribution in [0.4, 0.5) is 5.69 Å². The molecule has 2 aromatic rings. The van der Waals surface area contributed by atoms with Crippen molar-refractivity contribution >= 4 is 23.1 Å². The number of piperidine rings is 1. The van der Waals surface area contributed by atoms with E-state index in [1.54, 1.807) is 0 Å². The lowest BCUT2D eigenvalue weighted by Gasteiger charge is -2.23. The topological polar surface area (TPSA) is 61.4 Å². The molecule has 0 unspecified atom stereocenters. The number of carbonyl (C=O) groups is 2. The van der Waals surface area contributed by atoms with Gasteiger partial charge in [-0.25, -0.2) is 0 Å². The first kappa shape index (κ1) is 26.2. The number of carbonyl (C=O) groups excluding carboxylic acids is 2. The molecule has 0 aromatic heterocycles. The zero-order valence-electron chi connectivity index (χ0n) is 21.9. The molecule has 0 radical (unpaired) electrons. The van der Waals surface area contributed by atoms with Gasteiger partial charge in [-0.05, 0) is 99.5 Å². The molecule has 5 nitrogen and oxygen atoms in total. The number of nitrogens with zero attached hydrogens (tertiary/aromatic N) is 1. The first-order valence-corrected chi connectivity index (χ1v) is 13.8. The Balaban J connectivity index is 1.58. The van der Waals surface area contributed by atoms with Gasteiger partial charge >= 0.3 is 0 Å². The molecule has 2 aromatic carbocycles. The Morgan fingerprint density at radius 1 is 0.889 bits per heavy atom. The standard InChI is InChI=1S/C31H41N3O2/c1-3-34(4-2)31(36)26-15-13-24(14-16-26)30(25-17-19-32-20-18-25)27-11-8-12-28(22-27)33-29(35)21-23-9-6-5-7-10-23/h8,11-16,22-23,32H,3-7,9-10,17-21H2,1-2H3,(H,33,35). The Hall–Kier alpha value is -2.92. The molecule has 1 heterocycles. The van der Waals surface area contributed by atoms with Gasteiger partial charge in [-0.3, -0.25) is 9.59 Å². The molecule has 1 saturated heterocycles. The number of hydrogen-bond donors (Lipinski definition) is 2. The molecule has 2 amide bonds. The van der Waals surface area contributed by atoms with Gasteiger partial charge in [-0.1, -0.05) is 49.1 Å². The first-order chi connectivity index (χ1) is 17.6. The van der Waals surface area contributed by atoms with Crippen LogP contribution in [0.3, 0.4) is 0 Å². The van der Waals surface area contributed by atoms with Crippen LogP contribution in [0.5, 0.6) is 0 Å². The molecule has 1 aliphatic heterocycles. The number of benzene rings is 2. The molecule has 36 heavy (non-hydrogen) atoms. The number of nitrogens with one attached hydrogen (secondary N) is 2. The normalized spacial score (nSPS) is 16.4. The number of amides is 2. The van der Waals surface area contributed by atoms with E-state index in [-0.39, 0.29) is 11.8 Å². The van der Waals surface area contributed by atoms with Gasteiger partial charge < -0.3 is 15.5 Å². The van der Waals surface area contributed by atoms with E-state index in [9.17, 15) is 9.59 Å². The van der Waals surface area contributed by atoms with Crippen LogP contribution < -0.4 is 10.6 Å². The molecule has 1 saturated carbocycles. The van der Waals surface area contributed by atoms with Crippen molar-refractivity contribution in [1.29, 1.82) is 0 Å². The van der Waals surface area contributed by atoms with Crippen molar-refractivity contribution in [2.45, 2.75) is 65.2 Å². The quantitative estimate of drug-likeness (QED) is 0.462. The third kappa shape index (κ3) is 6.64. The van der Waals surface area contributed by atoms with Crippen LogP contribution in [0.1, 0.15) is 86.7 Å². The van der Waals surface area contributed by atoms with Gasteiger partial charge in [-0.15, -0.1) is 0 Å². The summed E-state index contributed by atoms with van der Waals surface area (Å²) in [5, 5.41) is 6.62. The maximum atomic E-state index is 12.8. The van der Waals surface area contributed by atoms with E-state index < -0.39 is 0 Å². The molecular formula is C31H41N3O2. The highest BCUT2D eigenvalue weighted by molar-refractivity contribution is 5.95. The molecule has 2 fully saturated rings. The molecule has 2 N–H and O–H groups in total. The fourth-order valence-electron chi connectivity index (χ4n) is 5.64. The van der Waals surface area contributed by atoms with E-state index in [1.165, 1.54) is 43.3 Å². The zero-order valence-corrected chi connectivity index (χ0v) is 21.9. The summed E-state index contributed by atoms with van der Waals surface area (Å²) in [5.74, 6) is 0.714. The minimum absolute atomic E-state index is 0.0743. The van der Waals surface area contributed by atoms with E-state index in [0.717, 1.165) is 48.3 Å². The summed E-state index contributed by atoms with van der Waals surface area (Å²) in [6, 6.07) is 16.3. The lowest BCUT2D eigenvalue weighted by Crippen LogP contribution is -2.30. The molecule has 0 atom stereocenters. The first-order valence-electron chi connectivity index (χ1n) is 13.8. The molecule has 192 valence electrons. The highest BCUT2D eigenvalue weighted by atomic mass is 16.2. The van der Waals surface area contributed by atoms with Crippen molar-refractivity contribution in [3.63, 3.8) is 0 Å². The zero-order chi connectivity index (χ0) is 25.3. The van der Waals surface area contributed by atoms with Gasteiger partial charge in [0, 0.05) is 30.8 Å². The van der Waals surface area contributed by atoms with Crippen LogP contribution in [-0.2, 0) is 4.79 Å². The maximum Gasteiger partial charge on any atom is 0.253 e. The van der Waals surface area contributed by atoms with Crippen LogP contribution in [0.2, 0.25) is 0 Å². The second kappa shape index (κ2) is 12.9. The molecule has 2 aliphatic rings. The Bertz CT molecular complexity index is 1060. The van der Waals surface area contributed by atoms with Crippen molar-refractivity contribution < 1.29 is 9.59 Å². The summed E-state index contributed by atoms with van der Waals surface area (Å²) in [6.45, 7) is 7.37. The minimum Gasteiger partial charge on any atom is -0.339 e. The van der Waals surface area contributed by atoms with E-state index >= 15 is 0 Å². The van der Waals surface area contributed by atoms with E-state index in [1.807, 2.05) is 43.0 Å². The fraction of sp³-hybridized carbons (Fsp3) is 0.484. The van der Waals surface area contributed by atoms with Crippen LogP contribution in [0.25, 0.3) is 5.57 Å². The maximum absolute atomic E-state index is 12.8. The second-order valence-corrected chi connectivity index (χ2v) is 10.1. The SMILES string of the molecule is CCN(CC)C(=O)c1ccc(C(=C2CCNCC2)c2cccc(NC(=O)CC3CCCCC3)c2)cc1. The van der Waals surface area contributed by atoms with E-state index in [4.69, 9.17) is 0 Å². The highest BCUT2D eigenvalue weighted by Gasteiger charge is 2.19. The van der Waals surface area contributed by atoms with Crippen molar-refractivity contribution in [2.24, 2.45) is 5.92 Å². The molecule has 4 rings (SSSR count). The Labute approximate surface area is 216 Å². The smallest absolute Gasteiger partial charge is 0.253 e. The summed E-state index contributed by atoms with van der Waals surface area (Å²) in [6.07, 6.45) is 8.75. The summed E-state index contributed by atoms with van der Waals surface area (Å²) in [7, 11) is 0. The van der Waals surface area contributed by atoms with Crippen LogP contribution in [0, 0.1) is 5.92 Å². The van der Waals surface area contributed by atoms with Gasteiger partial charge in [-0.2, -0.15) is 0 Å². The van der Waals surface area contributed by atoms with Crippen molar-refractivity contribution in [2.75, 3.05) is 31.5 Å². The summed E-state index contributed by atoms with van der Waals surface area (Å²) in [4.78, 5) is 27.4. The number of rotatable bonds is 8. The molecule has 0 spiro atoms. The Morgan fingerprint density at radius 3 is 2.22 bits per heavy atom. The molecule has 5 heteroatoms. The average molecular weight is 488 g/mol. The highest BCUT2D eigenvalue weighted by Crippen LogP contribution is 2.33. The summed E-state index contributed by atoms with van der Waals surface area (Å²) in [5.41, 5.74) is 6.46. The molecule has 0 bridgehead atoms. The van der Waals surface area contributed by atoms with Gasteiger partial charge in [0.15, 0.2) is 0 Å². The number of anilines is 1. The Kier molecular flexibility index (Phi) is 9.35. The minimum atomic E-state index is 0.0743. The predicted molar refractivity (Wildman–Crippen MR) is 148 cm³/mol. The third-order valence-corrected chi connectivity index (χ3v) is 7.67. The molecular weight excluding hydrogens is 446 g/mol. The van der Waals surface area contributed by atoms with Crippen molar-refractivity contribution in [3.05, 3.63) is 70.8 Å². The van der Waals surface area contributed by atoms with Gasteiger partial charge in [0.05, 0.1) is 0 Å². The largest absolute Gasteiger partial charge is 0.339 e. The number of hydrogen-bond acceptors (Lipinski definition) is 3. The predicted octanol–water partition coefficient (Wildman–Crippen LogP) is 6.26. The van der Waals surface area contributed by atoms with Crippen LogP contribution in [0.15, 0.2) is 54.1 Å². The lowest BCUT2D eigenvalue weighted by atomic mass is 9.87. The van der Waals surface area contributed by atoms with Gasteiger partial charge in [0.2, 0.25) is 5.91 Å². The van der Waals surface area contributed by atoms with Gasteiger partial charge in [0.25, 0.3) is 5.91 Å². The van der Waals surface area contributed by atoms with Crippen LogP contribution in [-0.4, -0.2) is 42.9 Å². The fourth-order valence-corrected chi connectivity index (χ4v) is 5.64. The summed E-state index contributed by atoms with van der Waals surface area (Å²) < 4.78 is 0. The molecule has 1 aliphatic carbocycles. The van der Waals surface area contributed by atoms with Crippen molar-refractivity contribution in [3.8, 4) is 0 Å². The second-order valence-electron chi connectivity index (χ2n) is 10.1. The van der Waals surface area contributed by atoms with Gasteiger partial charge in [0.1, 0.15) is 0 Å². The van der Waals surface area contributed by atoms with E-state index in [2.05, 4.69) is 34.9 Å².